The van der Waals surface area contributed by atoms with Crippen LogP contribution in [0.2, 0.25) is 0 Å². The zero-order valence-corrected chi connectivity index (χ0v) is 81.6. The highest BCUT2D eigenvalue weighted by molar-refractivity contribution is 8.00. The van der Waals surface area contributed by atoms with Crippen LogP contribution in [0.5, 0.6) is 0 Å². The molecule has 44 nitrogen and oxygen atoms in total. The second kappa shape index (κ2) is 56.4. The summed E-state index contributed by atoms with van der Waals surface area (Å²) in [7, 11) is 2.58. The Balaban J connectivity index is 0.0000247. The highest BCUT2D eigenvalue weighted by Crippen LogP contribution is 2.27. The first kappa shape index (κ1) is 113. The second-order valence-corrected chi connectivity index (χ2v) is 37.5. The van der Waals surface area contributed by atoms with E-state index in [1.807, 2.05) is 13.8 Å². The van der Waals surface area contributed by atoms with Gasteiger partial charge in [0.2, 0.25) is 106 Å². The van der Waals surface area contributed by atoms with Crippen molar-refractivity contribution in [3.05, 3.63) is 126 Å². The van der Waals surface area contributed by atoms with E-state index < -0.39 is 222 Å². The minimum atomic E-state index is -1.91. The van der Waals surface area contributed by atoms with E-state index in [2.05, 4.69) is 94.4 Å². The molecule has 0 bridgehead atoms. The van der Waals surface area contributed by atoms with Crippen LogP contribution < -0.4 is 91.6 Å². The summed E-state index contributed by atoms with van der Waals surface area (Å²) in [5.74, 6) is -18.5. The Hall–Kier alpha value is -14.0. The van der Waals surface area contributed by atoms with E-state index in [4.69, 9.17) is 22.6 Å². The van der Waals surface area contributed by atoms with Gasteiger partial charge in [-0.2, -0.15) is 0 Å². The van der Waals surface area contributed by atoms with Crippen LogP contribution >= 0.6 is 11.8 Å². The monoisotopic (exact) mass is 1990 g/mol. The Morgan fingerprint density at radius 1 is 0.500 bits per heavy atom. The van der Waals surface area contributed by atoms with Crippen molar-refractivity contribution in [3.63, 3.8) is 0 Å². The lowest BCUT2D eigenvalue weighted by Crippen LogP contribution is -2.62. The summed E-state index contributed by atoms with van der Waals surface area (Å²) in [6.45, 7) is 6.31. The van der Waals surface area contributed by atoms with Crippen molar-refractivity contribution in [1.29, 1.82) is 5.41 Å². The zero-order valence-electron chi connectivity index (χ0n) is 80.8. The second-order valence-electron chi connectivity index (χ2n) is 36.5. The van der Waals surface area contributed by atoms with Crippen molar-refractivity contribution in [2.24, 2.45) is 29.0 Å². The first-order valence-corrected chi connectivity index (χ1v) is 49.3. The van der Waals surface area contributed by atoms with Gasteiger partial charge >= 0.3 is 0 Å². The maximum Gasteiger partial charge on any atom is 0.246 e. The number of likely N-dealkylation sites (N-methyl/N-ethyl adjacent to an activating group) is 2. The van der Waals surface area contributed by atoms with Crippen LogP contribution in [0.15, 0.2) is 104 Å². The number of benzene rings is 3. The Labute approximate surface area is 829 Å². The summed E-state index contributed by atoms with van der Waals surface area (Å²) in [5, 5.41) is 58.1. The number of hydrogen-bond donors (Lipinski definition) is 22. The molecule has 3 aliphatic rings. The van der Waals surface area contributed by atoms with Gasteiger partial charge < -0.3 is 126 Å². The van der Waals surface area contributed by atoms with Gasteiger partial charge in [-0.3, -0.25) is 91.7 Å². The maximum atomic E-state index is 15.7. The summed E-state index contributed by atoms with van der Waals surface area (Å²) in [5.41, 5.74) is 19.9. The molecule has 45 heteroatoms. The highest BCUT2D eigenvalue weighted by atomic mass is 32.2. The predicted octanol–water partition coefficient (Wildman–Crippen LogP) is -0.731. The average Bonchev–Trinajstić information content (AvgIpc) is 1.62. The van der Waals surface area contributed by atoms with E-state index in [9.17, 15) is 53.1 Å². The summed E-state index contributed by atoms with van der Waals surface area (Å²) in [6, 6.07) is 0.565. The van der Waals surface area contributed by atoms with Crippen molar-refractivity contribution >= 4 is 146 Å². The Kier molecular flexibility index (Phi) is 45.0. The zero-order chi connectivity index (χ0) is 103. The van der Waals surface area contributed by atoms with Crippen LogP contribution in [-0.4, -0.2) is 295 Å². The SMILES string of the molecule is C.CCCC[C@@H]1NC(=O)[C@H](CCCC)N(C)C(=O)[C@H](Cc2c[nH]c3ccccc23)NC(=O)[C@H](CO)NC(=O)[C@H](Cc2c[nH]c3ccccc23)NC(=O)[C@H](CCNC(=O)C2CCCCC2)NC(=O)[C@H](CC(C)C)NC(=O)[C@H](Cc2cnc[nH]2)NC(=O)[C@@H]2CCCN2C(=O)[C@H](CC(N)=O)NC(=O)[C@H](C)N(C)C(=O)[C@H](Cc2ccccc2)NC(=O)CSC[C@@H](C(=O)NCC(N)=O)NC(=O)[C@H](CCCNC(=N)N)NC1=O. The quantitative estimate of drug-likeness (QED) is 0.0150. The number of aliphatic hydroxyl groups is 1. The van der Waals surface area contributed by atoms with Crippen LogP contribution in [0.25, 0.3) is 21.8 Å². The molecule has 9 rings (SSSR count). The molecule has 0 unspecified atom stereocenters. The third-order valence-corrected chi connectivity index (χ3v) is 26.3. The number of carbonyl (C=O) groups is 18. The smallest absolute Gasteiger partial charge is 0.246 e. The number of guanidine groups is 1. The van der Waals surface area contributed by atoms with E-state index in [1.54, 1.807) is 105 Å². The maximum absolute atomic E-state index is 15.7. The molecular weight excluding hydrogens is 1850 g/mol. The van der Waals surface area contributed by atoms with E-state index in [-0.39, 0.29) is 122 Å². The number of rotatable bonds is 30. The van der Waals surface area contributed by atoms with Crippen LogP contribution in [-0.2, 0) is 112 Å². The van der Waals surface area contributed by atoms with E-state index >= 15 is 38.4 Å². The van der Waals surface area contributed by atoms with Gasteiger partial charge in [-0.05, 0) is 106 Å². The number of nitrogens with one attached hydrogen (secondary N) is 18. The largest absolute Gasteiger partial charge is 0.394 e. The van der Waals surface area contributed by atoms with E-state index in [0.29, 0.717) is 82.7 Å². The number of para-hydroxylation sites is 2. The lowest BCUT2D eigenvalue weighted by atomic mass is 9.88. The number of fused-ring (bicyclic) bond motifs is 3. The summed E-state index contributed by atoms with van der Waals surface area (Å²) < 4.78 is 0. The predicted molar refractivity (Wildman–Crippen MR) is 530 cm³/mol. The summed E-state index contributed by atoms with van der Waals surface area (Å²) in [6.07, 6.45) is 8.94. The molecule has 14 atom stereocenters. The van der Waals surface area contributed by atoms with Gasteiger partial charge in [-0.25, -0.2) is 4.98 Å². The fourth-order valence-corrected chi connectivity index (χ4v) is 18.2. The summed E-state index contributed by atoms with van der Waals surface area (Å²) >= 11 is 0.787. The van der Waals surface area contributed by atoms with Gasteiger partial charge in [0.25, 0.3) is 0 Å². The van der Waals surface area contributed by atoms with E-state index in [0.717, 1.165) is 45.7 Å². The molecule has 774 valence electrons. The molecule has 18 amide bonds. The third-order valence-electron chi connectivity index (χ3n) is 25.3. The number of nitrogens with zero attached hydrogens (tertiary/aromatic N) is 4. The molecule has 3 fully saturated rings. The first-order chi connectivity index (χ1) is 67.4. The number of aromatic amines is 3. The molecule has 5 heterocycles. The summed E-state index contributed by atoms with van der Waals surface area (Å²) in [4.78, 5) is 281. The van der Waals surface area contributed by atoms with Crippen molar-refractivity contribution in [2.45, 2.75) is 268 Å². The molecule has 1 saturated carbocycles. The van der Waals surface area contributed by atoms with Gasteiger partial charge in [-0.1, -0.05) is 147 Å². The number of aliphatic hydroxyl groups excluding tert-OH is 1. The van der Waals surface area contributed by atoms with Gasteiger partial charge in [0, 0.05) is 117 Å². The van der Waals surface area contributed by atoms with E-state index in [1.165, 1.54) is 33.5 Å². The number of hydrogen-bond acceptors (Lipinski definition) is 22. The minimum Gasteiger partial charge on any atom is -0.394 e. The average molecular weight is 1990 g/mol. The number of imidazole rings is 1. The number of amides is 18. The van der Waals surface area contributed by atoms with Crippen LogP contribution in [0.3, 0.4) is 0 Å². The molecule has 2 aliphatic heterocycles. The molecule has 3 aromatic carbocycles. The van der Waals surface area contributed by atoms with Crippen LogP contribution in [0, 0.1) is 17.2 Å². The molecule has 0 radical (unpaired) electrons. The molecule has 3 aromatic heterocycles. The van der Waals surface area contributed by atoms with Crippen LogP contribution in [0.4, 0.5) is 0 Å². The fourth-order valence-electron chi connectivity index (χ4n) is 17.4. The third kappa shape index (κ3) is 33.9. The number of carbonyl (C=O) groups excluding carboxylic acids is 18. The fraction of sp³-hybridized carbons (Fsp3) is 0.546. The number of primary amides is 2. The number of thioether (sulfide) groups is 1. The number of nitrogens with two attached hydrogens (primary N) is 3. The number of unbranched alkanes of at least 4 members (excludes halogenated alkanes) is 2. The molecule has 2 saturated heterocycles. The Morgan fingerprint density at radius 2 is 1.01 bits per heavy atom. The number of H-pyrrole nitrogens is 3. The molecule has 0 spiro atoms. The Bertz CT molecular complexity index is 5340. The standard InChI is InChI=1S/C96H137N25O19S.CH4/c1-8-10-30-65-84(129)109-66(33-22-37-103-96(99)100)85(130)118-75(83(128)106-49-79(98)124)51-141-52-80(125)108-71(41-56-24-14-12-15-25-56)93(138)119(6)55(5)81(126)115-73(45-78(97)123)95(140)121-39-23-35-77(121)92(137)114-70(44-60-48-101-53-107-60)89(134)112-68(40-54(3)4)87(132)110-67(36-38-102-82(127)57-26-16-13-17-27-57)86(131)113-69(42-58-46-104-63-31-20-18-28-61(58)63)88(133)117-74(50-122)90(135)116-72(43-59-47-105-64-32-21-19-29-62(59)64)94(139)120(7)76(34-11-9-2)91(136)111-65;/h12,14-15,18-21,24-25,28-29,31-32,46-48,53-55,57,65-77,104-105,122H,8-11,13,16-17,22-23,26-27,30,33-45,49-52H2,1-7H3,(H2,97,123)(H2,98,124)(H,101,107)(H,102,127)(H,106,128)(H,108,125)(H,109,129)(H,110,132)(H,111,136)(H,112,134)(H,113,131)(H,114,137)(H,115,126)(H,116,135)(H,117,133)(H,118,130)(H4,99,100,103);1H4/t55-,65-,66-,67-,68-,69-,70-,71-,72-,73-,74-,75-,76-,77-;/m0./s1. The number of aromatic nitrogens is 4. The van der Waals surface area contributed by atoms with Gasteiger partial charge in [0.1, 0.15) is 84.6 Å². The molecule has 1 aliphatic carbocycles. The lowest BCUT2D eigenvalue weighted by molar-refractivity contribution is -0.145. The highest BCUT2D eigenvalue weighted by Gasteiger charge is 2.44. The first-order valence-electron chi connectivity index (χ1n) is 48.1. The molecule has 25 N–H and O–H groups in total. The molecule has 6 aromatic rings. The Morgan fingerprint density at radius 3 is 1.61 bits per heavy atom. The molecular formula is C97H141N25O19S. The minimum absolute atomic E-state index is 0. The van der Waals surface area contributed by atoms with Crippen LogP contribution in [0.1, 0.15) is 180 Å². The van der Waals surface area contributed by atoms with Crippen molar-refractivity contribution in [2.75, 3.05) is 58.4 Å². The topological polar surface area (TPSA) is 668 Å². The van der Waals surface area contributed by atoms with Gasteiger partial charge in [0.05, 0.1) is 31.7 Å². The van der Waals surface area contributed by atoms with Crippen molar-refractivity contribution < 1.29 is 91.4 Å². The van der Waals surface area contributed by atoms with Crippen molar-refractivity contribution in [1.82, 2.24) is 109 Å². The van der Waals surface area contributed by atoms with Gasteiger partial charge in [-0.15, -0.1) is 11.8 Å². The molecule has 142 heavy (non-hydrogen) atoms. The van der Waals surface area contributed by atoms with Gasteiger partial charge in [0.15, 0.2) is 5.96 Å². The normalized spacial score (nSPS) is 23.7. The van der Waals surface area contributed by atoms with Crippen molar-refractivity contribution in [3.8, 4) is 0 Å². The lowest BCUT2D eigenvalue weighted by Gasteiger charge is -2.33.